The lowest BCUT2D eigenvalue weighted by atomic mass is 9.74. The molecule has 1 spiro atoms. The maximum atomic E-state index is 14.3. The van der Waals surface area contributed by atoms with Gasteiger partial charge in [-0.15, -0.1) is 0 Å². The normalized spacial score (nSPS) is 32.2. The molecule has 0 unspecified atom stereocenters. The first-order valence-electron chi connectivity index (χ1n) is 15.1. The van der Waals surface area contributed by atoms with E-state index in [0.29, 0.717) is 32.4 Å². The molecule has 10 heteroatoms. The number of carbonyl (C=O) groups is 4. The van der Waals surface area contributed by atoms with E-state index in [2.05, 4.69) is 12.2 Å². The van der Waals surface area contributed by atoms with Gasteiger partial charge in [-0.1, -0.05) is 68.0 Å². The molecule has 2 N–H and O–H groups in total. The van der Waals surface area contributed by atoms with Crippen LogP contribution in [0.1, 0.15) is 57.1 Å². The number of allylic oxidation sites excluding steroid dienone is 1. The van der Waals surface area contributed by atoms with Crippen LogP contribution < -0.4 is 5.32 Å². The van der Waals surface area contributed by atoms with Crippen LogP contribution >= 0.6 is 0 Å². The number of aliphatic hydroxyl groups is 1. The van der Waals surface area contributed by atoms with E-state index < -0.39 is 35.6 Å². The van der Waals surface area contributed by atoms with Crippen molar-refractivity contribution in [3.8, 4) is 0 Å². The third kappa shape index (κ3) is 5.74. The van der Waals surface area contributed by atoms with Gasteiger partial charge in [0.2, 0.25) is 17.7 Å². The van der Waals surface area contributed by atoms with Crippen LogP contribution in [0.3, 0.4) is 0 Å². The van der Waals surface area contributed by atoms with E-state index in [0.717, 1.165) is 18.4 Å². The smallest absolute Gasteiger partial charge is 0.306 e. The first kappa shape index (κ1) is 30.0. The highest BCUT2D eigenvalue weighted by Gasteiger charge is 2.73. The minimum atomic E-state index is -1.25. The summed E-state index contributed by atoms with van der Waals surface area (Å²) in [5.74, 6) is -2.98. The van der Waals surface area contributed by atoms with Crippen LogP contribution in [0.25, 0.3) is 0 Å². The van der Waals surface area contributed by atoms with E-state index in [-0.39, 0.29) is 49.9 Å². The molecule has 5 bridgehead atoms. The number of nitrogens with zero attached hydrogens (tertiary/aromatic N) is 2. The molecule has 2 fully saturated rings. The number of fused-ring (bicyclic) bond motifs is 2. The number of nitrogens with one attached hydrogen (secondary N) is 1. The molecular formula is C32H41N3O7. The maximum Gasteiger partial charge on any atom is 0.306 e. The molecule has 4 aliphatic heterocycles. The Morgan fingerprint density at radius 2 is 1.83 bits per heavy atom. The summed E-state index contributed by atoms with van der Waals surface area (Å²) < 4.78 is 12.1. The van der Waals surface area contributed by atoms with Gasteiger partial charge >= 0.3 is 5.97 Å². The third-order valence-electron chi connectivity index (χ3n) is 8.75. The zero-order chi connectivity index (χ0) is 29.7. The summed E-state index contributed by atoms with van der Waals surface area (Å²) in [6, 6.07) is 7.73. The molecule has 1 aromatic rings. The molecule has 10 nitrogen and oxygen atoms in total. The Kier molecular flexibility index (Phi) is 9.43. The van der Waals surface area contributed by atoms with Crippen molar-refractivity contribution in [2.45, 2.75) is 69.2 Å². The van der Waals surface area contributed by atoms with Gasteiger partial charge in [-0.25, -0.2) is 0 Å². The van der Waals surface area contributed by atoms with Gasteiger partial charge in [0.05, 0.1) is 24.0 Å². The van der Waals surface area contributed by atoms with Crippen LogP contribution in [-0.2, 0) is 28.7 Å². The number of hydrogen-bond donors (Lipinski definition) is 2. The van der Waals surface area contributed by atoms with Crippen molar-refractivity contribution in [3.05, 3.63) is 60.2 Å². The van der Waals surface area contributed by atoms with Crippen molar-refractivity contribution in [2.24, 2.45) is 11.8 Å². The van der Waals surface area contributed by atoms with Crippen molar-refractivity contribution in [1.82, 2.24) is 15.1 Å². The predicted molar refractivity (Wildman–Crippen MR) is 154 cm³/mol. The molecule has 0 radical (unpaired) electrons. The molecule has 226 valence electrons. The van der Waals surface area contributed by atoms with Crippen LogP contribution in [-0.4, -0.2) is 89.2 Å². The lowest BCUT2D eigenvalue weighted by Gasteiger charge is -2.36. The first-order chi connectivity index (χ1) is 20.4. The highest BCUT2D eigenvalue weighted by molar-refractivity contribution is 6.00. The number of rotatable bonds is 8. The second-order valence-electron chi connectivity index (χ2n) is 11.5. The lowest BCUT2D eigenvalue weighted by molar-refractivity contribution is -0.148. The van der Waals surface area contributed by atoms with Gasteiger partial charge in [-0.2, -0.15) is 0 Å². The Bertz CT molecular complexity index is 1220. The van der Waals surface area contributed by atoms with E-state index >= 15 is 0 Å². The van der Waals surface area contributed by atoms with E-state index in [1.807, 2.05) is 48.6 Å². The molecule has 0 aromatic heterocycles. The Morgan fingerprint density at radius 1 is 1.02 bits per heavy atom. The van der Waals surface area contributed by atoms with E-state index in [1.54, 1.807) is 15.9 Å². The largest absolute Gasteiger partial charge is 0.463 e. The number of amides is 3. The number of ether oxygens (including phenoxy) is 2. The molecular weight excluding hydrogens is 538 g/mol. The summed E-state index contributed by atoms with van der Waals surface area (Å²) in [6.07, 6.45) is 10.0. The number of benzene rings is 1. The lowest BCUT2D eigenvalue weighted by Crippen LogP contribution is -2.56. The number of cyclic esters (lactones) is 1. The number of hydrogen-bond acceptors (Lipinski definition) is 7. The van der Waals surface area contributed by atoms with Crippen LogP contribution in [0.5, 0.6) is 0 Å². The Labute approximate surface area is 246 Å². The first-order valence-corrected chi connectivity index (χ1v) is 15.1. The number of carbonyl (C=O) groups excluding carboxylic acids is 4. The average Bonchev–Trinajstić information content (AvgIpc) is 3.64. The molecule has 0 saturated carbocycles. The summed E-state index contributed by atoms with van der Waals surface area (Å²) in [6.45, 7) is 3.11. The number of likely N-dealkylation sites (tertiary alicyclic amines) is 1. The summed E-state index contributed by atoms with van der Waals surface area (Å²) >= 11 is 0. The fourth-order valence-electron chi connectivity index (χ4n) is 6.64. The van der Waals surface area contributed by atoms with Crippen molar-refractivity contribution in [3.63, 3.8) is 0 Å². The second-order valence-corrected chi connectivity index (χ2v) is 11.5. The summed E-state index contributed by atoms with van der Waals surface area (Å²) in [7, 11) is 0. The van der Waals surface area contributed by atoms with Gasteiger partial charge in [0, 0.05) is 32.7 Å². The van der Waals surface area contributed by atoms with Crippen molar-refractivity contribution in [2.75, 3.05) is 32.8 Å². The molecule has 1 aromatic carbocycles. The highest BCUT2D eigenvalue weighted by atomic mass is 16.5. The molecule has 3 amide bonds. The quantitative estimate of drug-likeness (QED) is 0.275. The summed E-state index contributed by atoms with van der Waals surface area (Å²) in [4.78, 5) is 58.3. The van der Waals surface area contributed by atoms with Gasteiger partial charge in [0.15, 0.2) is 0 Å². The van der Waals surface area contributed by atoms with E-state index in [4.69, 9.17) is 9.47 Å². The topological polar surface area (TPSA) is 125 Å². The standard InChI is InChI=1S/C32H41N3O7/c1-2-3-17-34-18-9-5-8-14-25(37)41-21-23(22-12-6-4-7-13-22)33-29(38)26-24-15-16-32(42-24)27(26)30(39)35(19-10-11-20-36)28(32)31(34)40/h4-7,9,12-13,15-16,23-24,26-28,36H,2-3,8,10-11,14,17-21H2,1H3,(H,33,38)/b9-5-/t23-,24-,26+,27+,28-,32+/m1/s1. The van der Waals surface area contributed by atoms with E-state index in [1.165, 1.54) is 0 Å². The molecule has 5 rings (SSSR count). The molecule has 0 aliphatic carbocycles. The van der Waals surface area contributed by atoms with Crippen LogP contribution in [0, 0.1) is 11.8 Å². The van der Waals surface area contributed by atoms with Crippen molar-refractivity contribution >= 4 is 23.7 Å². The molecule has 42 heavy (non-hydrogen) atoms. The fraction of sp³-hybridized carbons (Fsp3) is 0.562. The second kappa shape index (κ2) is 13.2. The van der Waals surface area contributed by atoms with E-state index in [9.17, 15) is 24.3 Å². The molecule has 2 saturated heterocycles. The Balaban J connectivity index is 1.53. The van der Waals surface area contributed by atoms with Crippen LogP contribution in [0.2, 0.25) is 0 Å². The van der Waals surface area contributed by atoms with Gasteiger partial charge in [-0.05, 0) is 31.2 Å². The average molecular weight is 580 g/mol. The van der Waals surface area contributed by atoms with Gasteiger partial charge < -0.3 is 29.7 Å². The van der Waals surface area contributed by atoms with Gasteiger partial charge in [0.1, 0.15) is 18.2 Å². The number of unbranched alkanes of at least 4 members (excludes halogenated alkanes) is 2. The zero-order valence-electron chi connectivity index (χ0n) is 24.2. The van der Waals surface area contributed by atoms with Crippen molar-refractivity contribution < 1.29 is 33.8 Å². The van der Waals surface area contributed by atoms with Gasteiger partial charge in [0.25, 0.3) is 0 Å². The van der Waals surface area contributed by atoms with Crippen LogP contribution in [0.4, 0.5) is 0 Å². The Hall–Kier alpha value is -3.50. The SMILES string of the molecule is CCCCN1C/C=C\CCC(=O)OC[C@H](c2ccccc2)NC(=O)[C@@H]2[C@H]3C(=O)N(CCCCO)[C@H](C1=O)[C@]31C=C[C@H]2O1. The summed E-state index contributed by atoms with van der Waals surface area (Å²) in [5, 5.41) is 12.4. The van der Waals surface area contributed by atoms with Crippen molar-refractivity contribution in [1.29, 1.82) is 0 Å². The predicted octanol–water partition coefficient (Wildman–Crippen LogP) is 2.29. The molecule has 4 aliphatic rings. The van der Waals surface area contributed by atoms with Gasteiger partial charge in [-0.3, -0.25) is 19.2 Å². The molecule has 6 atom stereocenters. The number of aliphatic hydroxyl groups excluding tert-OH is 1. The number of esters is 1. The minimum absolute atomic E-state index is 0.0163. The molecule has 4 heterocycles. The Morgan fingerprint density at radius 3 is 2.60 bits per heavy atom. The monoisotopic (exact) mass is 579 g/mol. The zero-order valence-corrected chi connectivity index (χ0v) is 24.2. The summed E-state index contributed by atoms with van der Waals surface area (Å²) in [5.41, 5.74) is -0.481. The highest BCUT2D eigenvalue weighted by Crippen LogP contribution is 2.55. The van der Waals surface area contributed by atoms with Crippen LogP contribution in [0.15, 0.2) is 54.6 Å². The minimum Gasteiger partial charge on any atom is -0.463 e. The third-order valence-corrected chi connectivity index (χ3v) is 8.75. The maximum absolute atomic E-state index is 14.3. The fourth-order valence-corrected chi connectivity index (χ4v) is 6.64.